The number of aromatic nitrogens is 5. The number of aryl methyl sites for hydroxylation is 1. The van der Waals surface area contributed by atoms with Gasteiger partial charge in [0.2, 0.25) is 0 Å². The van der Waals surface area contributed by atoms with Crippen molar-refractivity contribution < 1.29 is 19.0 Å². The van der Waals surface area contributed by atoms with E-state index in [1.807, 2.05) is 30.5 Å². The maximum atomic E-state index is 13.3. The van der Waals surface area contributed by atoms with Crippen molar-refractivity contribution in [2.24, 2.45) is 0 Å². The number of hydrogen-bond acceptors (Lipinski definition) is 10. The number of hydrogen-bond donors (Lipinski definition) is 2. The minimum Gasteiger partial charge on any atom is -0.493 e. The van der Waals surface area contributed by atoms with E-state index in [-0.39, 0.29) is 5.91 Å². The summed E-state index contributed by atoms with van der Waals surface area (Å²) >= 11 is 6.86. The number of benzene rings is 2. The predicted molar refractivity (Wildman–Crippen MR) is 165 cm³/mol. The van der Waals surface area contributed by atoms with Gasteiger partial charge in [-0.15, -0.1) is 10.2 Å². The number of thiocarbonyl (C=S) groups is 1. The highest BCUT2D eigenvalue weighted by atomic mass is 32.2. The molecule has 0 bridgehead atoms. The van der Waals surface area contributed by atoms with E-state index in [4.69, 9.17) is 26.4 Å². The smallest absolute Gasteiger partial charge is 0.266 e. The molecule has 4 aromatic rings. The second-order valence-electron chi connectivity index (χ2n) is 9.95. The van der Waals surface area contributed by atoms with Gasteiger partial charge in [0.25, 0.3) is 5.91 Å². The fraction of sp³-hybridized carbons (Fsp3) is 0.345. The zero-order valence-electron chi connectivity index (χ0n) is 23.2. The molecule has 13 heteroatoms. The van der Waals surface area contributed by atoms with Crippen molar-refractivity contribution in [2.75, 3.05) is 53.1 Å². The van der Waals surface area contributed by atoms with Gasteiger partial charge in [-0.25, -0.2) is 0 Å². The van der Waals surface area contributed by atoms with Crippen molar-refractivity contribution >= 4 is 51.2 Å². The van der Waals surface area contributed by atoms with Gasteiger partial charge < -0.3 is 19.2 Å². The van der Waals surface area contributed by atoms with Crippen LogP contribution < -0.4 is 9.47 Å². The van der Waals surface area contributed by atoms with E-state index in [1.54, 1.807) is 12.0 Å². The van der Waals surface area contributed by atoms with Crippen LogP contribution in [0.2, 0.25) is 0 Å². The summed E-state index contributed by atoms with van der Waals surface area (Å²) in [5, 5.41) is 15.1. The van der Waals surface area contributed by atoms with Crippen LogP contribution in [0.15, 0.2) is 47.5 Å². The molecule has 0 spiro atoms. The van der Waals surface area contributed by atoms with E-state index >= 15 is 0 Å². The Kier molecular flexibility index (Phi) is 8.79. The largest absolute Gasteiger partial charge is 0.493 e. The first-order chi connectivity index (χ1) is 20.6. The van der Waals surface area contributed by atoms with E-state index in [2.05, 4.69) is 48.7 Å². The number of rotatable bonds is 11. The number of carbonyl (C=O) groups excluding carboxylic acids is 1. The van der Waals surface area contributed by atoms with Gasteiger partial charge in [-0.3, -0.25) is 14.6 Å². The molecule has 2 aromatic carbocycles. The Morgan fingerprint density at radius 3 is 2.86 bits per heavy atom. The number of ether oxygens (including phenoxy) is 3. The molecule has 1 amide bonds. The number of tetrazole rings is 1. The number of nitrogens with zero attached hydrogens (tertiary/aromatic N) is 5. The van der Waals surface area contributed by atoms with Crippen molar-refractivity contribution in [2.45, 2.75) is 12.8 Å². The monoisotopic (exact) mass is 605 g/mol. The Morgan fingerprint density at radius 2 is 2.05 bits per heavy atom. The van der Waals surface area contributed by atoms with Gasteiger partial charge in [-0.1, -0.05) is 35.3 Å². The number of fused-ring (bicyclic) bond motifs is 1. The van der Waals surface area contributed by atoms with Crippen LogP contribution in [0, 0.1) is 0 Å². The van der Waals surface area contributed by atoms with Crippen LogP contribution in [0.1, 0.15) is 17.8 Å². The first-order valence-corrected chi connectivity index (χ1v) is 15.0. The number of methoxy groups -OCH3 is 1. The van der Waals surface area contributed by atoms with Gasteiger partial charge >= 0.3 is 0 Å². The molecule has 4 heterocycles. The average molecular weight is 606 g/mol. The molecule has 6 rings (SSSR count). The minimum atomic E-state index is -0.113. The van der Waals surface area contributed by atoms with Gasteiger partial charge in [-0.2, -0.15) is 5.21 Å². The molecule has 2 aromatic heterocycles. The molecule has 0 radical (unpaired) electrons. The normalized spacial score (nSPS) is 17.1. The third-order valence-corrected chi connectivity index (χ3v) is 8.64. The second kappa shape index (κ2) is 13.0. The van der Waals surface area contributed by atoms with Crippen molar-refractivity contribution in [3.05, 3.63) is 58.9 Å². The third kappa shape index (κ3) is 6.33. The zero-order valence-corrected chi connectivity index (χ0v) is 24.8. The first kappa shape index (κ1) is 28.3. The van der Waals surface area contributed by atoms with Crippen LogP contribution in [0.3, 0.4) is 0 Å². The summed E-state index contributed by atoms with van der Waals surface area (Å²) in [5.41, 5.74) is 3.76. The Labute approximate surface area is 252 Å². The molecule has 42 heavy (non-hydrogen) atoms. The summed E-state index contributed by atoms with van der Waals surface area (Å²) in [6.07, 6.45) is 5.08. The Morgan fingerprint density at radius 1 is 1.17 bits per heavy atom. The number of thioether (sulfide) groups is 1. The Hall–Kier alpha value is -3.78. The van der Waals surface area contributed by atoms with Crippen LogP contribution in [0.5, 0.6) is 11.5 Å². The number of H-pyrrole nitrogens is 2. The van der Waals surface area contributed by atoms with Gasteiger partial charge in [0.05, 0.1) is 25.2 Å². The minimum absolute atomic E-state index is 0.113. The van der Waals surface area contributed by atoms with Crippen LogP contribution >= 0.6 is 24.0 Å². The SMILES string of the molecule is COc1cc(/C=C2\SC(=S)N(CCCc3nn[nH]n3)C2=O)cc(-c2ccc3[nH]ccc3c2)c1OCCN1CCOCC1. The molecule has 0 unspecified atom stereocenters. The number of nitrogens with one attached hydrogen (secondary N) is 2. The summed E-state index contributed by atoms with van der Waals surface area (Å²) in [5.74, 6) is 1.77. The lowest BCUT2D eigenvalue weighted by molar-refractivity contribution is -0.122. The predicted octanol–water partition coefficient (Wildman–Crippen LogP) is 3.90. The van der Waals surface area contributed by atoms with E-state index in [0.717, 1.165) is 60.4 Å². The summed E-state index contributed by atoms with van der Waals surface area (Å²) < 4.78 is 18.3. The summed E-state index contributed by atoms with van der Waals surface area (Å²) in [6, 6.07) is 12.2. The summed E-state index contributed by atoms with van der Waals surface area (Å²) in [6.45, 7) is 5.06. The molecule has 11 nitrogen and oxygen atoms in total. The van der Waals surface area contributed by atoms with Gasteiger partial charge in [0, 0.05) is 49.9 Å². The maximum Gasteiger partial charge on any atom is 0.266 e. The fourth-order valence-electron chi connectivity index (χ4n) is 5.07. The van der Waals surface area contributed by atoms with Crippen molar-refractivity contribution in [1.29, 1.82) is 0 Å². The molecule has 0 aliphatic carbocycles. The van der Waals surface area contributed by atoms with Gasteiger partial charge in [-0.05, 0) is 59.3 Å². The second-order valence-corrected chi connectivity index (χ2v) is 11.6. The van der Waals surface area contributed by atoms with E-state index in [0.29, 0.717) is 52.5 Å². The van der Waals surface area contributed by atoms with Crippen LogP contribution in [-0.4, -0.2) is 98.7 Å². The van der Waals surface area contributed by atoms with Crippen LogP contribution in [-0.2, 0) is 16.0 Å². The lowest BCUT2D eigenvalue weighted by Gasteiger charge is -2.26. The number of amides is 1. The van der Waals surface area contributed by atoms with Crippen molar-refractivity contribution in [3.63, 3.8) is 0 Å². The molecule has 2 fully saturated rings. The van der Waals surface area contributed by atoms with Crippen molar-refractivity contribution in [3.8, 4) is 22.6 Å². The number of aromatic amines is 2. The molecule has 2 saturated heterocycles. The highest BCUT2D eigenvalue weighted by molar-refractivity contribution is 8.26. The summed E-state index contributed by atoms with van der Waals surface area (Å²) in [7, 11) is 1.64. The molecule has 2 N–H and O–H groups in total. The Balaban J connectivity index is 1.27. The summed E-state index contributed by atoms with van der Waals surface area (Å²) in [4.78, 5) is 21.1. The number of morpholine rings is 1. The molecular weight excluding hydrogens is 574 g/mol. The highest BCUT2D eigenvalue weighted by Crippen LogP contribution is 2.42. The maximum absolute atomic E-state index is 13.3. The molecule has 2 aliphatic rings. The average Bonchev–Trinajstić information content (AvgIpc) is 3.76. The first-order valence-electron chi connectivity index (χ1n) is 13.8. The van der Waals surface area contributed by atoms with E-state index < -0.39 is 0 Å². The molecular formula is C29H31N7O4S2. The van der Waals surface area contributed by atoms with Gasteiger partial charge in [0.15, 0.2) is 17.3 Å². The topological polar surface area (TPSA) is 121 Å². The van der Waals surface area contributed by atoms with E-state index in [1.165, 1.54) is 11.8 Å². The van der Waals surface area contributed by atoms with Crippen LogP contribution in [0.25, 0.3) is 28.1 Å². The third-order valence-electron chi connectivity index (χ3n) is 7.26. The fourth-order valence-corrected chi connectivity index (χ4v) is 6.38. The zero-order chi connectivity index (χ0) is 28.9. The Bertz CT molecular complexity index is 1600. The lowest BCUT2D eigenvalue weighted by atomic mass is 9.99. The quantitative estimate of drug-likeness (QED) is 0.192. The highest BCUT2D eigenvalue weighted by Gasteiger charge is 2.32. The number of carbonyl (C=O) groups is 1. The standard InChI is InChI=1S/C29H31N7O4S2/c1-38-24-16-19(17-25-28(37)36(29(41)42-25)8-2-3-26-31-33-34-32-26)15-22(20-4-5-23-21(18-20)6-7-30-23)27(24)40-14-11-35-9-12-39-13-10-35/h4-7,15-18,30H,2-3,8-14H2,1H3,(H,31,32,33,34)/b25-17-. The molecule has 0 atom stereocenters. The van der Waals surface area contributed by atoms with Crippen molar-refractivity contribution in [1.82, 2.24) is 35.4 Å². The molecule has 2 aliphatic heterocycles. The van der Waals surface area contributed by atoms with Gasteiger partial charge in [0.1, 0.15) is 10.9 Å². The van der Waals surface area contributed by atoms with Crippen LogP contribution in [0.4, 0.5) is 0 Å². The molecule has 218 valence electrons. The van der Waals surface area contributed by atoms with E-state index in [9.17, 15) is 4.79 Å². The molecule has 0 saturated carbocycles. The lowest BCUT2D eigenvalue weighted by Crippen LogP contribution is -2.38.